The first-order valence-electron chi connectivity index (χ1n) is 6.76. The highest BCUT2D eigenvalue weighted by molar-refractivity contribution is 7.09. The average Bonchev–Trinajstić information content (AvgIpc) is 3.20. The number of aromatic nitrogens is 2. The number of hydrogen-bond acceptors (Lipinski definition) is 4. The van der Waals surface area contributed by atoms with Crippen molar-refractivity contribution in [1.82, 2.24) is 9.78 Å². The quantitative estimate of drug-likeness (QED) is 0.786. The highest BCUT2D eigenvalue weighted by Crippen LogP contribution is 2.16. The van der Waals surface area contributed by atoms with Gasteiger partial charge in [-0.15, -0.1) is 11.3 Å². The van der Waals surface area contributed by atoms with Gasteiger partial charge in [-0.25, -0.2) is 4.68 Å². The Morgan fingerprint density at radius 1 is 1.27 bits per heavy atom. The molecule has 0 fully saturated rings. The maximum absolute atomic E-state index is 12.3. The van der Waals surface area contributed by atoms with Crippen LogP contribution < -0.4 is 10.1 Å². The normalized spacial score (nSPS) is 10.4. The number of amides is 1. The van der Waals surface area contributed by atoms with Crippen molar-refractivity contribution in [2.24, 2.45) is 0 Å². The van der Waals surface area contributed by atoms with Crippen LogP contribution in [0.1, 0.15) is 15.2 Å². The van der Waals surface area contributed by atoms with E-state index in [1.807, 2.05) is 17.5 Å². The Hall–Kier alpha value is -2.60. The lowest BCUT2D eigenvalue weighted by atomic mass is 10.2. The number of ether oxygens (including phenoxy) is 1. The molecule has 6 heteroatoms. The van der Waals surface area contributed by atoms with Gasteiger partial charge in [0, 0.05) is 16.5 Å². The Morgan fingerprint density at radius 2 is 2.09 bits per heavy atom. The molecule has 0 unspecified atom stereocenters. The van der Waals surface area contributed by atoms with E-state index in [2.05, 4.69) is 10.4 Å². The van der Waals surface area contributed by atoms with E-state index in [0.717, 1.165) is 5.75 Å². The van der Waals surface area contributed by atoms with Crippen LogP contribution in [-0.2, 0) is 6.54 Å². The molecule has 2 aromatic heterocycles. The second-order valence-electron chi connectivity index (χ2n) is 4.64. The maximum Gasteiger partial charge on any atom is 0.256 e. The summed E-state index contributed by atoms with van der Waals surface area (Å²) < 4.78 is 6.86. The number of hydrogen-bond donors (Lipinski definition) is 1. The third kappa shape index (κ3) is 3.17. The zero-order chi connectivity index (χ0) is 15.4. The number of anilines is 1. The standard InChI is InChI=1S/C16H15N3O2S/c1-21-13-6-4-12(5-7-13)16(20)18-15-8-9-17-19(15)11-14-3-2-10-22-14/h2-10H,11H2,1H3,(H,18,20). The molecule has 1 amide bonds. The molecule has 1 N–H and O–H groups in total. The minimum absolute atomic E-state index is 0.171. The van der Waals surface area contributed by atoms with E-state index in [9.17, 15) is 4.79 Å². The van der Waals surface area contributed by atoms with Crippen LogP contribution in [-0.4, -0.2) is 22.8 Å². The van der Waals surface area contributed by atoms with Crippen molar-refractivity contribution >= 4 is 23.1 Å². The molecule has 0 radical (unpaired) electrons. The van der Waals surface area contributed by atoms with E-state index in [1.165, 1.54) is 4.88 Å². The molecule has 112 valence electrons. The first kappa shape index (κ1) is 14.3. The van der Waals surface area contributed by atoms with Gasteiger partial charge in [0.2, 0.25) is 0 Å². The van der Waals surface area contributed by atoms with Gasteiger partial charge in [-0.3, -0.25) is 4.79 Å². The van der Waals surface area contributed by atoms with Crippen LogP contribution >= 0.6 is 11.3 Å². The van der Waals surface area contributed by atoms with Crippen LogP contribution in [0.4, 0.5) is 5.82 Å². The van der Waals surface area contributed by atoms with Gasteiger partial charge in [0.05, 0.1) is 19.9 Å². The van der Waals surface area contributed by atoms with E-state index in [0.29, 0.717) is 17.9 Å². The predicted molar refractivity (Wildman–Crippen MR) is 86.6 cm³/mol. The topological polar surface area (TPSA) is 56.1 Å². The molecule has 0 saturated heterocycles. The Balaban J connectivity index is 1.72. The molecule has 2 heterocycles. The minimum atomic E-state index is -0.171. The summed E-state index contributed by atoms with van der Waals surface area (Å²) in [6.45, 7) is 0.642. The van der Waals surface area contributed by atoms with Gasteiger partial charge in [0.15, 0.2) is 0 Å². The summed E-state index contributed by atoms with van der Waals surface area (Å²) in [4.78, 5) is 13.5. The van der Waals surface area contributed by atoms with E-state index in [4.69, 9.17) is 4.74 Å². The fourth-order valence-electron chi connectivity index (χ4n) is 2.05. The summed E-state index contributed by atoms with van der Waals surface area (Å²) in [6.07, 6.45) is 1.68. The highest BCUT2D eigenvalue weighted by Gasteiger charge is 2.10. The maximum atomic E-state index is 12.3. The second-order valence-corrected chi connectivity index (χ2v) is 5.67. The van der Waals surface area contributed by atoms with Crippen LogP contribution in [0.3, 0.4) is 0 Å². The molecule has 1 aromatic carbocycles. The van der Waals surface area contributed by atoms with Crippen molar-refractivity contribution in [1.29, 1.82) is 0 Å². The van der Waals surface area contributed by atoms with Crippen LogP contribution in [0, 0.1) is 0 Å². The third-order valence-corrected chi connectivity index (χ3v) is 4.06. The van der Waals surface area contributed by atoms with Gasteiger partial charge in [-0.2, -0.15) is 5.10 Å². The molecule has 3 rings (SSSR count). The predicted octanol–water partition coefficient (Wildman–Crippen LogP) is 3.25. The first-order chi connectivity index (χ1) is 10.8. The number of thiophene rings is 1. The van der Waals surface area contributed by atoms with E-state index >= 15 is 0 Å². The molecule has 0 aliphatic carbocycles. The molecule has 0 saturated carbocycles. The number of rotatable bonds is 5. The van der Waals surface area contributed by atoms with E-state index in [1.54, 1.807) is 59.7 Å². The van der Waals surface area contributed by atoms with Crippen LogP contribution in [0.25, 0.3) is 0 Å². The molecule has 0 aliphatic heterocycles. The summed E-state index contributed by atoms with van der Waals surface area (Å²) in [7, 11) is 1.60. The third-order valence-electron chi connectivity index (χ3n) is 3.20. The van der Waals surface area contributed by atoms with Gasteiger partial charge in [0.25, 0.3) is 5.91 Å². The Kier molecular flexibility index (Phi) is 4.20. The number of carbonyl (C=O) groups is 1. The molecule has 0 bridgehead atoms. The molecule has 22 heavy (non-hydrogen) atoms. The average molecular weight is 313 g/mol. The zero-order valence-corrected chi connectivity index (χ0v) is 12.8. The number of methoxy groups -OCH3 is 1. The van der Waals surface area contributed by atoms with E-state index < -0.39 is 0 Å². The lowest BCUT2D eigenvalue weighted by Gasteiger charge is -2.08. The van der Waals surface area contributed by atoms with Crippen molar-refractivity contribution in [3.63, 3.8) is 0 Å². The number of carbonyl (C=O) groups excluding carboxylic acids is 1. The number of nitrogens with one attached hydrogen (secondary N) is 1. The van der Waals surface area contributed by atoms with Crippen molar-refractivity contribution in [2.45, 2.75) is 6.54 Å². The summed E-state index contributed by atoms with van der Waals surface area (Å²) in [5, 5.41) is 9.16. The van der Waals surface area contributed by atoms with Gasteiger partial charge in [0.1, 0.15) is 11.6 Å². The van der Waals surface area contributed by atoms with Crippen LogP contribution in [0.5, 0.6) is 5.75 Å². The SMILES string of the molecule is COc1ccc(C(=O)Nc2ccnn2Cc2cccs2)cc1. The molecule has 3 aromatic rings. The van der Waals surface area contributed by atoms with Crippen molar-refractivity contribution < 1.29 is 9.53 Å². The number of benzene rings is 1. The van der Waals surface area contributed by atoms with Gasteiger partial charge in [-0.1, -0.05) is 6.07 Å². The van der Waals surface area contributed by atoms with Crippen molar-refractivity contribution in [2.75, 3.05) is 12.4 Å². The smallest absolute Gasteiger partial charge is 0.256 e. The van der Waals surface area contributed by atoms with Crippen molar-refractivity contribution in [3.8, 4) is 5.75 Å². The molecular weight excluding hydrogens is 298 g/mol. The summed E-state index contributed by atoms with van der Waals surface area (Å²) >= 11 is 1.66. The first-order valence-corrected chi connectivity index (χ1v) is 7.64. The second kappa shape index (κ2) is 6.44. The van der Waals surface area contributed by atoms with Crippen LogP contribution in [0.2, 0.25) is 0 Å². The lowest BCUT2D eigenvalue weighted by Crippen LogP contribution is -2.15. The highest BCUT2D eigenvalue weighted by atomic mass is 32.1. The monoisotopic (exact) mass is 313 g/mol. The molecule has 5 nitrogen and oxygen atoms in total. The fraction of sp³-hybridized carbons (Fsp3) is 0.125. The minimum Gasteiger partial charge on any atom is -0.497 e. The zero-order valence-electron chi connectivity index (χ0n) is 12.0. The van der Waals surface area contributed by atoms with Gasteiger partial charge < -0.3 is 10.1 Å². The largest absolute Gasteiger partial charge is 0.497 e. The van der Waals surface area contributed by atoms with Crippen LogP contribution in [0.15, 0.2) is 54.0 Å². The van der Waals surface area contributed by atoms with E-state index in [-0.39, 0.29) is 5.91 Å². The summed E-state index contributed by atoms with van der Waals surface area (Å²) in [5.41, 5.74) is 0.574. The molecule has 0 atom stereocenters. The Morgan fingerprint density at radius 3 is 2.77 bits per heavy atom. The lowest BCUT2D eigenvalue weighted by molar-refractivity contribution is 0.102. The Labute approximate surface area is 132 Å². The van der Waals surface area contributed by atoms with Gasteiger partial charge >= 0.3 is 0 Å². The van der Waals surface area contributed by atoms with Crippen molar-refractivity contribution in [3.05, 3.63) is 64.5 Å². The fourth-order valence-corrected chi connectivity index (χ4v) is 2.73. The molecule has 0 aliphatic rings. The van der Waals surface area contributed by atoms with Gasteiger partial charge in [-0.05, 0) is 35.7 Å². The summed E-state index contributed by atoms with van der Waals surface area (Å²) in [5.74, 6) is 1.23. The number of nitrogens with zero attached hydrogens (tertiary/aromatic N) is 2. The Bertz CT molecular complexity index is 748. The molecule has 0 spiro atoms. The molecular formula is C16H15N3O2S. The summed E-state index contributed by atoms with van der Waals surface area (Å²) in [6, 6.07) is 12.8.